The Kier molecular flexibility index (Phi) is 3.46. The molecule has 0 aromatic rings. The van der Waals surface area contributed by atoms with Crippen LogP contribution in [0.4, 0.5) is 0 Å². The van der Waals surface area contributed by atoms with Crippen molar-refractivity contribution in [1.82, 2.24) is 15.5 Å². The van der Waals surface area contributed by atoms with Crippen molar-refractivity contribution in [3.63, 3.8) is 0 Å². The summed E-state index contributed by atoms with van der Waals surface area (Å²) in [5.74, 6) is 0. The fourth-order valence-electron chi connectivity index (χ4n) is 1.69. The van der Waals surface area contributed by atoms with Gasteiger partial charge < -0.3 is 10.6 Å². The monoisotopic (exact) mass is 227 g/mol. The molecule has 3 nitrogen and oxygen atoms in total. The number of rotatable bonds is 5. The Balaban J connectivity index is 1.60. The van der Waals surface area contributed by atoms with Gasteiger partial charge >= 0.3 is 0 Å². The van der Waals surface area contributed by atoms with Crippen molar-refractivity contribution >= 4 is 17.3 Å². The lowest BCUT2D eigenvalue weighted by atomic mass is 10.3. The summed E-state index contributed by atoms with van der Waals surface area (Å²) in [6.07, 6.45) is 5.29. The van der Waals surface area contributed by atoms with Gasteiger partial charge in [0.1, 0.15) is 0 Å². The molecular weight excluding hydrogens is 206 g/mol. The van der Waals surface area contributed by atoms with Crippen LogP contribution in [0.3, 0.4) is 0 Å². The van der Waals surface area contributed by atoms with Crippen LogP contribution in [0.2, 0.25) is 0 Å². The summed E-state index contributed by atoms with van der Waals surface area (Å²) >= 11 is 5.22. The van der Waals surface area contributed by atoms with Gasteiger partial charge in [0, 0.05) is 24.7 Å². The van der Waals surface area contributed by atoms with Crippen molar-refractivity contribution in [2.75, 3.05) is 13.6 Å². The summed E-state index contributed by atoms with van der Waals surface area (Å²) in [6.45, 7) is 3.20. The molecule has 0 heterocycles. The van der Waals surface area contributed by atoms with Gasteiger partial charge in [-0.3, -0.25) is 4.90 Å². The highest BCUT2D eigenvalue weighted by Gasteiger charge is 2.29. The zero-order valence-electron chi connectivity index (χ0n) is 9.62. The maximum absolute atomic E-state index is 5.22. The summed E-state index contributed by atoms with van der Waals surface area (Å²) in [5.41, 5.74) is 0. The molecule has 2 N–H and O–H groups in total. The van der Waals surface area contributed by atoms with Crippen molar-refractivity contribution in [2.45, 2.75) is 50.7 Å². The van der Waals surface area contributed by atoms with Gasteiger partial charge in [-0.1, -0.05) is 0 Å². The van der Waals surface area contributed by atoms with E-state index in [2.05, 4.69) is 29.5 Å². The van der Waals surface area contributed by atoms with Crippen LogP contribution in [0.1, 0.15) is 32.6 Å². The molecule has 86 valence electrons. The summed E-state index contributed by atoms with van der Waals surface area (Å²) in [4.78, 5) is 2.45. The smallest absolute Gasteiger partial charge is 0.166 e. The molecule has 1 unspecified atom stereocenters. The van der Waals surface area contributed by atoms with Gasteiger partial charge in [-0.05, 0) is 51.9 Å². The SMILES string of the molecule is CC(CNC(=S)NC1CC1)N(C)C1CC1. The maximum atomic E-state index is 5.22. The minimum absolute atomic E-state index is 0.566. The van der Waals surface area contributed by atoms with Gasteiger partial charge in [-0.2, -0.15) is 0 Å². The molecule has 2 rings (SSSR count). The highest BCUT2D eigenvalue weighted by Crippen LogP contribution is 2.26. The molecule has 0 aromatic heterocycles. The van der Waals surface area contributed by atoms with E-state index in [4.69, 9.17) is 12.2 Å². The average molecular weight is 227 g/mol. The van der Waals surface area contributed by atoms with Crippen molar-refractivity contribution in [3.05, 3.63) is 0 Å². The molecule has 4 heteroatoms. The third-order valence-electron chi connectivity index (χ3n) is 3.29. The first-order valence-corrected chi connectivity index (χ1v) is 6.34. The van der Waals surface area contributed by atoms with Gasteiger partial charge in [0.25, 0.3) is 0 Å². The zero-order chi connectivity index (χ0) is 10.8. The maximum Gasteiger partial charge on any atom is 0.166 e. The predicted octanol–water partition coefficient (Wildman–Crippen LogP) is 1.10. The summed E-state index contributed by atoms with van der Waals surface area (Å²) < 4.78 is 0. The van der Waals surface area contributed by atoms with E-state index in [0.29, 0.717) is 12.1 Å². The number of nitrogens with zero attached hydrogens (tertiary/aromatic N) is 1. The molecule has 1 atom stereocenters. The van der Waals surface area contributed by atoms with E-state index >= 15 is 0 Å². The first-order chi connectivity index (χ1) is 7.16. The fourth-order valence-corrected chi connectivity index (χ4v) is 1.94. The van der Waals surface area contributed by atoms with Crippen LogP contribution in [0.15, 0.2) is 0 Å². The van der Waals surface area contributed by atoms with Crippen molar-refractivity contribution in [3.8, 4) is 0 Å². The highest BCUT2D eigenvalue weighted by molar-refractivity contribution is 7.80. The van der Waals surface area contributed by atoms with Crippen LogP contribution in [0, 0.1) is 0 Å². The van der Waals surface area contributed by atoms with Gasteiger partial charge in [0.2, 0.25) is 0 Å². The summed E-state index contributed by atoms with van der Waals surface area (Å²) in [5, 5.41) is 7.42. The number of likely N-dealkylation sites (N-methyl/N-ethyl adjacent to an activating group) is 1. The first kappa shape index (κ1) is 11.1. The summed E-state index contributed by atoms with van der Waals surface area (Å²) in [6, 6.07) is 2.05. The van der Waals surface area contributed by atoms with E-state index in [1.54, 1.807) is 0 Å². The molecule has 2 aliphatic rings. The first-order valence-electron chi connectivity index (χ1n) is 5.93. The zero-order valence-corrected chi connectivity index (χ0v) is 10.4. The molecule has 0 spiro atoms. The standard InChI is InChI=1S/C11H21N3S/c1-8(14(2)10-5-6-10)7-12-11(15)13-9-3-4-9/h8-10H,3-7H2,1-2H3,(H2,12,13,15). The largest absolute Gasteiger partial charge is 0.361 e. The third-order valence-corrected chi connectivity index (χ3v) is 3.55. The molecule has 0 aliphatic heterocycles. The number of nitrogens with one attached hydrogen (secondary N) is 2. The number of hydrogen-bond donors (Lipinski definition) is 2. The lowest BCUT2D eigenvalue weighted by Gasteiger charge is -2.25. The number of hydrogen-bond acceptors (Lipinski definition) is 2. The molecule has 2 saturated carbocycles. The van der Waals surface area contributed by atoms with Gasteiger partial charge in [-0.15, -0.1) is 0 Å². The van der Waals surface area contributed by atoms with Gasteiger partial charge in [-0.25, -0.2) is 0 Å². The normalized spacial score (nSPS) is 22.6. The Morgan fingerprint density at radius 1 is 1.40 bits per heavy atom. The Morgan fingerprint density at radius 2 is 2.07 bits per heavy atom. The Hall–Kier alpha value is -0.350. The van der Waals surface area contributed by atoms with Gasteiger partial charge in [0.05, 0.1) is 0 Å². The fraction of sp³-hybridized carbons (Fsp3) is 0.909. The average Bonchev–Trinajstić information content (AvgIpc) is 3.03. The van der Waals surface area contributed by atoms with E-state index in [9.17, 15) is 0 Å². The van der Waals surface area contributed by atoms with Crippen LogP contribution in [-0.4, -0.2) is 41.7 Å². The minimum atomic E-state index is 0.566. The molecule has 15 heavy (non-hydrogen) atoms. The molecule has 0 bridgehead atoms. The highest BCUT2D eigenvalue weighted by atomic mass is 32.1. The molecule has 2 aliphatic carbocycles. The van der Waals surface area contributed by atoms with Crippen LogP contribution in [-0.2, 0) is 0 Å². The Bertz CT molecular complexity index is 236. The second-order valence-electron chi connectivity index (χ2n) is 4.87. The van der Waals surface area contributed by atoms with Crippen LogP contribution in [0.25, 0.3) is 0 Å². The Morgan fingerprint density at radius 3 is 2.60 bits per heavy atom. The third kappa shape index (κ3) is 3.61. The summed E-state index contributed by atoms with van der Waals surface area (Å²) in [7, 11) is 2.21. The molecular formula is C11H21N3S. The second kappa shape index (κ2) is 4.66. The van der Waals surface area contributed by atoms with Crippen molar-refractivity contribution in [1.29, 1.82) is 0 Å². The molecule has 0 saturated heterocycles. The van der Waals surface area contributed by atoms with Crippen LogP contribution >= 0.6 is 12.2 Å². The van der Waals surface area contributed by atoms with E-state index in [1.165, 1.54) is 25.7 Å². The molecule has 0 radical (unpaired) electrons. The van der Waals surface area contributed by atoms with Crippen LogP contribution < -0.4 is 10.6 Å². The quantitative estimate of drug-likeness (QED) is 0.688. The van der Waals surface area contributed by atoms with E-state index in [1.807, 2.05) is 0 Å². The van der Waals surface area contributed by atoms with E-state index in [0.717, 1.165) is 17.7 Å². The lowest BCUT2D eigenvalue weighted by molar-refractivity contribution is 0.248. The van der Waals surface area contributed by atoms with E-state index in [-0.39, 0.29) is 0 Å². The molecule has 2 fully saturated rings. The Labute approximate surface area is 97.6 Å². The second-order valence-corrected chi connectivity index (χ2v) is 5.28. The van der Waals surface area contributed by atoms with Crippen molar-refractivity contribution < 1.29 is 0 Å². The topological polar surface area (TPSA) is 27.3 Å². The van der Waals surface area contributed by atoms with E-state index < -0.39 is 0 Å². The minimum Gasteiger partial charge on any atom is -0.361 e. The molecule has 0 amide bonds. The molecule has 0 aromatic carbocycles. The predicted molar refractivity (Wildman–Crippen MR) is 67.0 cm³/mol. The van der Waals surface area contributed by atoms with Gasteiger partial charge in [0.15, 0.2) is 5.11 Å². The lowest BCUT2D eigenvalue weighted by Crippen LogP contribution is -2.44. The van der Waals surface area contributed by atoms with Crippen LogP contribution in [0.5, 0.6) is 0 Å². The van der Waals surface area contributed by atoms with Crippen molar-refractivity contribution in [2.24, 2.45) is 0 Å². The number of thiocarbonyl (C=S) groups is 1.